The first kappa shape index (κ1) is 13.7. The van der Waals surface area contributed by atoms with Crippen LogP contribution in [0.1, 0.15) is 19.3 Å². The molecule has 1 aliphatic carbocycles. The van der Waals surface area contributed by atoms with Crippen LogP contribution in [-0.2, 0) is 4.79 Å². The molecule has 2 N–H and O–H groups in total. The van der Waals surface area contributed by atoms with Gasteiger partial charge in [0.1, 0.15) is 5.82 Å². The highest BCUT2D eigenvalue weighted by Gasteiger charge is 2.10. The molecule has 1 unspecified atom stereocenters. The highest BCUT2D eigenvalue weighted by molar-refractivity contribution is 5.92. The molecule has 0 radical (unpaired) electrons. The third-order valence-electron chi connectivity index (χ3n) is 3.20. The first-order valence-electron chi connectivity index (χ1n) is 6.65. The summed E-state index contributed by atoms with van der Waals surface area (Å²) in [6.07, 6.45) is 7.78. The summed E-state index contributed by atoms with van der Waals surface area (Å²) in [5, 5.41) is 5.82. The lowest BCUT2D eigenvalue weighted by Crippen LogP contribution is -2.32. The van der Waals surface area contributed by atoms with Gasteiger partial charge in [-0.2, -0.15) is 0 Å². The maximum Gasteiger partial charge on any atom is 0.238 e. The quantitative estimate of drug-likeness (QED) is 0.801. The minimum atomic E-state index is -0.347. The third-order valence-corrected chi connectivity index (χ3v) is 3.20. The number of anilines is 1. The van der Waals surface area contributed by atoms with E-state index in [1.54, 1.807) is 12.1 Å². The van der Waals surface area contributed by atoms with E-state index >= 15 is 0 Å². The fourth-order valence-corrected chi connectivity index (χ4v) is 2.20. The van der Waals surface area contributed by atoms with Crippen molar-refractivity contribution >= 4 is 11.6 Å². The van der Waals surface area contributed by atoms with Crippen LogP contribution in [0.25, 0.3) is 0 Å². The Bertz CT molecular complexity index is 459. The smallest absolute Gasteiger partial charge is 0.238 e. The summed E-state index contributed by atoms with van der Waals surface area (Å²) in [4.78, 5) is 11.7. The number of carbonyl (C=O) groups excluding carboxylic acids is 1. The van der Waals surface area contributed by atoms with E-state index in [0.717, 1.165) is 19.4 Å². The van der Waals surface area contributed by atoms with Crippen molar-refractivity contribution in [3.63, 3.8) is 0 Å². The number of benzene rings is 1. The Morgan fingerprint density at radius 2 is 2.26 bits per heavy atom. The third kappa shape index (κ3) is 4.83. The number of hydrogen-bond donors (Lipinski definition) is 2. The fourth-order valence-electron chi connectivity index (χ4n) is 2.20. The standard InChI is InChI=1S/C15H19FN2O/c16-13-7-4-8-14(9-13)18-15(19)11-17-10-12-5-2-1-3-6-12/h1-2,4,7-9,12,17H,3,5-6,10-11H2,(H,18,19). The molecule has 1 aliphatic rings. The Kier molecular flexibility index (Phi) is 5.10. The van der Waals surface area contributed by atoms with Gasteiger partial charge in [0, 0.05) is 5.69 Å². The first-order valence-corrected chi connectivity index (χ1v) is 6.65. The Morgan fingerprint density at radius 1 is 1.37 bits per heavy atom. The molecule has 0 bridgehead atoms. The molecule has 3 nitrogen and oxygen atoms in total. The van der Waals surface area contributed by atoms with Gasteiger partial charge in [-0.15, -0.1) is 0 Å². The summed E-state index contributed by atoms with van der Waals surface area (Å²) in [7, 11) is 0. The van der Waals surface area contributed by atoms with Crippen LogP contribution < -0.4 is 10.6 Å². The molecule has 1 atom stereocenters. The number of rotatable bonds is 5. The summed E-state index contributed by atoms with van der Waals surface area (Å²) in [5.74, 6) is 0.128. The molecule has 0 fully saturated rings. The predicted molar refractivity (Wildman–Crippen MR) is 74.4 cm³/mol. The average molecular weight is 262 g/mol. The van der Waals surface area contributed by atoms with Gasteiger partial charge >= 0.3 is 0 Å². The van der Waals surface area contributed by atoms with Crippen LogP contribution in [0.3, 0.4) is 0 Å². The Morgan fingerprint density at radius 3 is 3.00 bits per heavy atom. The maximum absolute atomic E-state index is 12.9. The number of nitrogens with one attached hydrogen (secondary N) is 2. The number of halogens is 1. The summed E-state index contributed by atoms with van der Waals surface area (Å²) < 4.78 is 12.9. The zero-order valence-corrected chi connectivity index (χ0v) is 10.9. The second-order valence-electron chi connectivity index (χ2n) is 4.84. The van der Waals surface area contributed by atoms with Crippen molar-refractivity contribution in [3.8, 4) is 0 Å². The lowest BCUT2D eigenvalue weighted by atomic mass is 9.94. The van der Waals surface area contributed by atoms with E-state index in [4.69, 9.17) is 0 Å². The molecular weight excluding hydrogens is 243 g/mol. The van der Waals surface area contributed by atoms with Gasteiger partial charge in [-0.25, -0.2) is 4.39 Å². The fraction of sp³-hybridized carbons (Fsp3) is 0.400. The molecule has 0 heterocycles. The van der Waals surface area contributed by atoms with Gasteiger partial charge in [0.15, 0.2) is 0 Å². The van der Waals surface area contributed by atoms with Crippen molar-refractivity contribution in [2.45, 2.75) is 19.3 Å². The van der Waals surface area contributed by atoms with Crippen molar-refractivity contribution in [1.29, 1.82) is 0 Å². The van der Waals surface area contributed by atoms with E-state index in [1.165, 1.54) is 18.6 Å². The van der Waals surface area contributed by atoms with Crippen LogP contribution in [0.2, 0.25) is 0 Å². The van der Waals surface area contributed by atoms with Gasteiger partial charge < -0.3 is 10.6 Å². The van der Waals surface area contributed by atoms with E-state index in [0.29, 0.717) is 11.6 Å². The highest BCUT2D eigenvalue weighted by Crippen LogP contribution is 2.16. The topological polar surface area (TPSA) is 41.1 Å². The molecular formula is C15H19FN2O. The predicted octanol–water partition coefficient (Wildman–Crippen LogP) is 2.71. The van der Waals surface area contributed by atoms with Crippen molar-refractivity contribution in [1.82, 2.24) is 5.32 Å². The van der Waals surface area contributed by atoms with Crippen LogP contribution in [0.4, 0.5) is 10.1 Å². The van der Waals surface area contributed by atoms with Gasteiger partial charge in [0.25, 0.3) is 0 Å². The molecule has 4 heteroatoms. The van der Waals surface area contributed by atoms with Crippen LogP contribution in [-0.4, -0.2) is 19.0 Å². The van der Waals surface area contributed by atoms with Gasteiger partial charge in [-0.3, -0.25) is 4.79 Å². The molecule has 0 aliphatic heterocycles. The molecule has 1 aromatic rings. The Hall–Kier alpha value is -1.68. The maximum atomic E-state index is 12.9. The molecule has 0 saturated carbocycles. The molecule has 0 aromatic heterocycles. The molecule has 0 spiro atoms. The SMILES string of the molecule is O=C(CNCC1CC=CCC1)Nc1cccc(F)c1. The largest absolute Gasteiger partial charge is 0.325 e. The van der Waals surface area contributed by atoms with E-state index in [-0.39, 0.29) is 18.3 Å². The van der Waals surface area contributed by atoms with Gasteiger partial charge in [-0.05, 0) is 49.9 Å². The zero-order valence-electron chi connectivity index (χ0n) is 10.9. The monoisotopic (exact) mass is 262 g/mol. The number of amides is 1. The number of carbonyl (C=O) groups is 1. The molecule has 1 aromatic carbocycles. The summed E-state index contributed by atoms with van der Waals surface area (Å²) >= 11 is 0. The Labute approximate surface area is 112 Å². The molecule has 102 valence electrons. The molecule has 19 heavy (non-hydrogen) atoms. The minimum Gasteiger partial charge on any atom is -0.325 e. The van der Waals surface area contributed by atoms with E-state index in [9.17, 15) is 9.18 Å². The summed E-state index contributed by atoms with van der Waals surface area (Å²) in [6.45, 7) is 1.11. The normalized spacial score (nSPS) is 18.3. The van der Waals surface area contributed by atoms with Crippen molar-refractivity contribution in [2.24, 2.45) is 5.92 Å². The lowest BCUT2D eigenvalue weighted by Gasteiger charge is -2.17. The minimum absolute atomic E-state index is 0.142. The van der Waals surface area contributed by atoms with Crippen LogP contribution in [0.5, 0.6) is 0 Å². The van der Waals surface area contributed by atoms with Crippen molar-refractivity contribution in [2.75, 3.05) is 18.4 Å². The van der Waals surface area contributed by atoms with Crippen LogP contribution in [0.15, 0.2) is 36.4 Å². The number of hydrogen-bond acceptors (Lipinski definition) is 2. The highest BCUT2D eigenvalue weighted by atomic mass is 19.1. The van der Waals surface area contributed by atoms with Gasteiger partial charge in [0.05, 0.1) is 6.54 Å². The van der Waals surface area contributed by atoms with E-state index in [2.05, 4.69) is 22.8 Å². The average Bonchev–Trinajstić information content (AvgIpc) is 2.40. The summed E-state index contributed by atoms with van der Waals surface area (Å²) in [6, 6.07) is 5.91. The first-order chi connectivity index (χ1) is 9.24. The lowest BCUT2D eigenvalue weighted by molar-refractivity contribution is -0.115. The Balaban J connectivity index is 1.68. The second kappa shape index (κ2) is 7.04. The second-order valence-corrected chi connectivity index (χ2v) is 4.84. The van der Waals surface area contributed by atoms with Crippen LogP contribution in [0, 0.1) is 11.7 Å². The van der Waals surface area contributed by atoms with Gasteiger partial charge in [0.2, 0.25) is 5.91 Å². The van der Waals surface area contributed by atoms with Gasteiger partial charge in [-0.1, -0.05) is 18.2 Å². The summed E-state index contributed by atoms with van der Waals surface area (Å²) in [5.41, 5.74) is 0.493. The molecule has 1 amide bonds. The van der Waals surface area contributed by atoms with Crippen molar-refractivity contribution in [3.05, 3.63) is 42.2 Å². The van der Waals surface area contributed by atoms with Crippen molar-refractivity contribution < 1.29 is 9.18 Å². The molecule has 0 saturated heterocycles. The van der Waals surface area contributed by atoms with E-state index < -0.39 is 0 Å². The molecule has 2 rings (SSSR count). The zero-order chi connectivity index (χ0) is 13.5. The number of allylic oxidation sites excluding steroid dienone is 2. The van der Waals surface area contributed by atoms with E-state index in [1.807, 2.05) is 0 Å². The van der Waals surface area contributed by atoms with Crippen LogP contribution >= 0.6 is 0 Å².